The Morgan fingerprint density at radius 3 is 2.52 bits per heavy atom. The predicted molar refractivity (Wildman–Crippen MR) is 79.6 cm³/mol. The lowest BCUT2D eigenvalue weighted by Gasteiger charge is -2.12. The second-order valence-electron chi connectivity index (χ2n) is 4.35. The third kappa shape index (κ3) is 4.28. The zero-order chi connectivity index (χ0) is 15.6. The first kappa shape index (κ1) is 16.0. The molecule has 2 nitrogen and oxygen atoms in total. The number of rotatable bonds is 3. The van der Waals surface area contributed by atoms with E-state index < -0.39 is 11.7 Å². The van der Waals surface area contributed by atoms with Gasteiger partial charge >= 0.3 is 6.18 Å². The standard InChI is InChI=1S/C14H10BrClF3NO/c15-10-1-2-13(21)8(3-10)7-20-12-5-9(14(17,18)19)4-11(16)6-12/h1-6,20-21H,7H2. The molecule has 2 aromatic rings. The average Bonchev–Trinajstić information content (AvgIpc) is 2.38. The first-order chi connectivity index (χ1) is 9.75. The summed E-state index contributed by atoms with van der Waals surface area (Å²) in [6.07, 6.45) is -4.46. The summed E-state index contributed by atoms with van der Waals surface area (Å²) in [5.41, 5.74) is -0.0388. The van der Waals surface area contributed by atoms with Crippen molar-refractivity contribution in [2.45, 2.75) is 12.7 Å². The van der Waals surface area contributed by atoms with Gasteiger partial charge in [-0.3, -0.25) is 0 Å². The highest BCUT2D eigenvalue weighted by Gasteiger charge is 2.31. The molecular weight excluding hydrogens is 371 g/mol. The number of nitrogens with one attached hydrogen (secondary N) is 1. The Hall–Kier alpha value is -1.40. The van der Waals surface area contributed by atoms with Crippen LogP contribution in [-0.2, 0) is 12.7 Å². The van der Waals surface area contributed by atoms with E-state index in [4.69, 9.17) is 11.6 Å². The van der Waals surface area contributed by atoms with Crippen LogP contribution in [-0.4, -0.2) is 5.11 Å². The van der Waals surface area contributed by atoms with Crippen LogP contribution >= 0.6 is 27.5 Å². The van der Waals surface area contributed by atoms with Crippen LogP contribution in [0.3, 0.4) is 0 Å². The van der Waals surface area contributed by atoms with Crippen LogP contribution < -0.4 is 5.32 Å². The molecule has 0 aliphatic carbocycles. The third-order valence-corrected chi connectivity index (χ3v) is 3.46. The van der Waals surface area contributed by atoms with Crippen molar-refractivity contribution in [1.82, 2.24) is 0 Å². The zero-order valence-corrected chi connectivity index (χ0v) is 12.9. The largest absolute Gasteiger partial charge is 0.508 e. The van der Waals surface area contributed by atoms with Gasteiger partial charge in [-0.2, -0.15) is 13.2 Å². The van der Waals surface area contributed by atoms with Gasteiger partial charge in [-0.1, -0.05) is 27.5 Å². The monoisotopic (exact) mass is 379 g/mol. The van der Waals surface area contributed by atoms with E-state index >= 15 is 0 Å². The van der Waals surface area contributed by atoms with Gasteiger partial charge in [0.05, 0.1) is 5.56 Å². The van der Waals surface area contributed by atoms with Gasteiger partial charge in [-0.05, 0) is 36.4 Å². The Morgan fingerprint density at radius 2 is 1.86 bits per heavy atom. The first-order valence-corrected chi connectivity index (χ1v) is 7.02. The molecule has 0 aromatic heterocycles. The van der Waals surface area contributed by atoms with E-state index in [1.807, 2.05) is 0 Å². The number of halogens is 5. The van der Waals surface area contributed by atoms with E-state index in [-0.39, 0.29) is 23.0 Å². The summed E-state index contributed by atoms with van der Waals surface area (Å²) in [6, 6.07) is 8.08. The van der Waals surface area contributed by atoms with Gasteiger partial charge in [-0.15, -0.1) is 0 Å². The number of alkyl halides is 3. The molecule has 0 saturated heterocycles. The highest BCUT2D eigenvalue weighted by atomic mass is 79.9. The minimum atomic E-state index is -4.46. The van der Waals surface area contributed by atoms with Crippen LogP contribution in [0.4, 0.5) is 18.9 Å². The SMILES string of the molecule is Oc1ccc(Br)cc1CNc1cc(Cl)cc(C(F)(F)F)c1. The van der Waals surface area contributed by atoms with Crippen LogP contribution in [0.2, 0.25) is 5.02 Å². The van der Waals surface area contributed by atoms with Crippen LogP contribution in [0.15, 0.2) is 40.9 Å². The van der Waals surface area contributed by atoms with Gasteiger partial charge in [0.25, 0.3) is 0 Å². The van der Waals surface area contributed by atoms with Crippen molar-refractivity contribution in [3.05, 3.63) is 57.0 Å². The number of benzene rings is 2. The molecular formula is C14H10BrClF3NO. The predicted octanol–water partition coefficient (Wildman–Crippen LogP) is 5.44. The molecule has 0 saturated carbocycles. The van der Waals surface area contributed by atoms with Crippen molar-refractivity contribution < 1.29 is 18.3 Å². The number of phenolic OH excluding ortho intramolecular Hbond substituents is 1. The van der Waals surface area contributed by atoms with Gasteiger partial charge in [-0.25, -0.2) is 0 Å². The Balaban J connectivity index is 2.20. The Kier molecular flexibility index (Phi) is 4.68. The van der Waals surface area contributed by atoms with E-state index in [1.165, 1.54) is 12.1 Å². The van der Waals surface area contributed by atoms with Gasteiger partial charge < -0.3 is 10.4 Å². The maximum atomic E-state index is 12.7. The van der Waals surface area contributed by atoms with Crippen molar-refractivity contribution in [3.8, 4) is 5.75 Å². The second kappa shape index (κ2) is 6.15. The van der Waals surface area contributed by atoms with Crippen LogP contribution in [0, 0.1) is 0 Å². The summed E-state index contributed by atoms with van der Waals surface area (Å²) in [4.78, 5) is 0. The number of aromatic hydroxyl groups is 1. The van der Waals surface area contributed by atoms with Gasteiger partial charge in [0, 0.05) is 27.3 Å². The minimum absolute atomic E-state index is 0.00853. The number of anilines is 1. The topological polar surface area (TPSA) is 32.3 Å². The quantitative estimate of drug-likeness (QED) is 0.743. The smallest absolute Gasteiger partial charge is 0.416 e. The summed E-state index contributed by atoms with van der Waals surface area (Å²) in [6.45, 7) is 0.170. The van der Waals surface area contributed by atoms with E-state index in [9.17, 15) is 18.3 Å². The summed E-state index contributed by atoms with van der Waals surface area (Å²) in [5.74, 6) is 0.0590. The van der Waals surface area contributed by atoms with Gasteiger partial charge in [0.2, 0.25) is 0 Å². The van der Waals surface area contributed by atoms with Crippen molar-refractivity contribution >= 4 is 33.2 Å². The van der Waals surface area contributed by atoms with Crippen molar-refractivity contribution in [2.75, 3.05) is 5.32 Å². The Bertz CT molecular complexity index is 661. The molecule has 2 rings (SSSR count). The zero-order valence-electron chi connectivity index (χ0n) is 10.5. The van der Waals surface area contributed by atoms with E-state index in [0.29, 0.717) is 5.56 Å². The molecule has 0 heterocycles. The lowest BCUT2D eigenvalue weighted by molar-refractivity contribution is -0.137. The van der Waals surface area contributed by atoms with Crippen molar-refractivity contribution in [1.29, 1.82) is 0 Å². The molecule has 21 heavy (non-hydrogen) atoms. The number of hydrogen-bond donors (Lipinski definition) is 2. The molecule has 0 spiro atoms. The number of hydrogen-bond acceptors (Lipinski definition) is 2. The fraction of sp³-hybridized carbons (Fsp3) is 0.143. The fourth-order valence-corrected chi connectivity index (χ4v) is 2.39. The Morgan fingerprint density at radius 1 is 1.14 bits per heavy atom. The van der Waals surface area contributed by atoms with Gasteiger partial charge in [0.1, 0.15) is 5.75 Å². The highest BCUT2D eigenvalue weighted by Crippen LogP contribution is 2.33. The van der Waals surface area contributed by atoms with Crippen LogP contribution in [0.25, 0.3) is 0 Å². The fourth-order valence-electron chi connectivity index (χ4n) is 1.75. The molecule has 2 aromatic carbocycles. The van der Waals surface area contributed by atoms with E-state index in [2.05, 4.69) is 21.2 Å². The summed E-state index contributed by atoms with van der Waals surface area (Å²) in [5, 5.41) is 12.5. The minimum Gasteiger partial charge on any atom is -0.508 e. The molecule has 0 aliphatic rings. The second-order valence-corrected chi connectivity index (χ2v) is 5.71. The number of phenols is 1. The molecule has 0 atom stereocenters. The molecule has 2 N–H and O–H groups in total. The lowest BCUT2D eigenvalue weighted by Crippen LogP contribution is -2.07. The molecule has 112 valence electrons. The Labute approximate surface area is 132 Å². The lowest BCUT2D eigenvalue weighted by atomic mass is 10.1. The third-order valence-electron chi connectivity index (χ3n) is 2.75. The first-order valence-electron chi connectivity index (χ1n) is 5.85. The molecule has 0 bridgehead atoms. The average molecular weight is 381 g/mol. The van der Waals surface area contributed by atoms with Crippen LogP contribution in [0.1, 0.15) is 11.1 Å². The van der Waals surface area contributed by atoms with Crippen molar-refractivity contribution in [3.63, 3.8) is 0 Å². The molecule has 0 aliphatic heterocycles. The molecule has 0 radical (unpaired) electrons. The maximum Gasteiger partial charge on any atom is 0.416 e. The molecule has 7 heteroatoms. The highest BCUT2D eigenvalue weighted by molar-refractivity contribution is 9.10. The van der Waals surface area contributed by atoms with Crippen molar-refractivity contribution in [2.24, 2.45) is 0 Å². The summed E-state index contributed by atoms with van der Waals surface area (Å²) in [7, 11) is 0. The molecule has 0 amide bonds. The maximum absolute atomic E-state index is 12.7. The normalized spacial score (nSPS) is 11.5. The van der Waals surface area contributed by atoms with E-state index in [1.54, 1.807) is 12.1 Å². The summed E-state index contributed by atoms with van der Waals surface area (Å²) < 4.78 is 38.8. The summed E-state index contributed by atoms with van der Waals surface area (Å²) >= 11 is 8.96. The van der Waals surface area contributed by atoms with Crippen LogP contribution in [0.5, 0.6) is 5.75 Å². The van der Waals surface area contributed by atoms with Gasteiger partial charge in [0.15, 0.2) is 0 Å². The van der Waals surface area contributed by atoms with E-state index in [0.717, 1.165) is 16.6 Å². The molecule has 0 fully saturated rings. The molecule has 0 unspecified atom stereocenters.